The number of carboxylic acid groups (broad SMARTS) is 1. The number of rotatable bonds is 5. The number of hydroxylamine groups is 2. The minimum Gasteiger partial charge on any atom is -0.477 e. The number of benzene rings is 1. The second-order valence-electron chi connectivity index (χ2n) is 11.0. The lowest BCUT2D eigenvalue weighted by Gasteiger charge is -2.38. The summed E-state index contributed by atoms with van der Waals surface area (Å²) in [4.78, 5) is 41.7. The molecule has 218 valence electrons. The fourth-order valence-corrected chi connectivity index (χ4v) is 6.08. The van der Waals surface area contributed by atoms with Gasteiger partial charge in [0.2, 0.25) is 0 Å². The Balaban J connectivity index is 1.21. The Bertz CT molecular complexity index is 1770. The van der Waals surface area contributed by atoms with Gasteiger partial charge in [0.25, 0.3) is 0 Å². The van der Waals surface area contributed by atoms with Crippen molar-refractivity contribution in [2.45, 2.75) is 48.8 Å². The van der Waals surface area contributed by atoms with Gasteiger partial charge in [-0.15, -0.1) is 8.78 Å². The zero-order valence-electron chi connectivity index (χ0n) is 22.3. The summed E-state index contributed by atoms with van der Waals surface area (Å²) in [6, 6.07) is 6.19. The van der Waals surface area contributed by atoms with Gasteiger partial charge in [-0.2, -0.15) is 5.06 Å². The first-order valence-electron chi connectivity index (χ1n) is 12.8. The summed E-state index contributed by atoms with van der Waals surface area (Å²) in [5.41, 5.74) is 2.19. The molecule has 0 amide bonds. The van der Waals surface area contributed by atoms with E-state index in [1.54, 1.807) is 23.4 Å². The fraction of sp³-hybridized carbons (Fsp3) is 0.296. The van der Waals surface area contributed by atoms with E-state index in [1.165, 1.54) is 12.1 Å². The van der Waals surface area contributed by atoms with Crippen LogP contribution in [0.15, 0.2) is 56.4 Å². The zero-order chi connectivity index (χ0) is 29.6. The largest absolute Gasteiger partial charge is 0.586 e. The SMILES string of the molecule is CC(C)(C)ON1CC(=O)C2=C(C1)Nc1c(c[nH]c1C(=O)O)C2c1ccc(Sc2nc3cc4c(cc3[nH]2)OC(F)(F)O4)o1. The Kier molecular flexibility index (Phi) is 5.74. The number of hydrogen-bond acceptors (Lipinski definition) is 10. The number of carboxylic acids is 1. The van der Waals surface area contributed by atoms with Gasteiger partial charge in [0, 0.05) is 35.2 Å². The summed E-state index contributed by atoms with van der Waals surface area (Å²) in [5.74, 6) is -1.79. The van der Waals surface area contributed by atoms with E-state index in [1.807, 2.05) is 20.8 Å². The fourth-order valence-electron chi connectivity index (χ4n) is 5.32. The van der Waals surface area contributed by atoms with Crippen LogP contribution in [0, 0.1) is 0 Å². The average molecular weight is 600 g/mol. The molecule has 0 fully saturated rings. The third-order valence-electron chi connectivity index (χ3n) is 6.75. The highest BCUT2D eigenvalue weighted by atomic mass is 32.2. The molecule has 0 bridgehead atoms. The van der Waals surface area contributed by atoms with Crippen LogP contribution in [0.25, 0.3) is 11.0 Å². The molecule has 12 nitrogen and oxygen atoms in total. The van der Waals surface area contributed by atoms with Crippen LogP contribution in [-0.2, 0) is 9.63 Å². The van der Waals surface area contributed by atoms with E-state index >= 15 is 0 Å². The highest BCUT2D eigenvalue weighted by molar-refractivity contribution is 7.99. The molecule has 3 aliphatic rings. The number of ketones is 1. The lowest BCUT2D eigenvalue weighted by molar-refractivity contribution is -0.286. The van der Waals surface area contributed by atoms with E-state index in [9.17, 15) is 23.5 Å². The number of Topliss-reactive ketones (excluding diaryl/α,β-unsaturated/α-hetero) is 1. The Morgan fingerprint density at radius 1 is 1.21 bits per heavy atom. The first-order chi connectivity index (χ1) is 19.8. The van der Waals surface area contributed by atoms with Crippen molar-refractivity contribution in [1.82, 2.24) is 20.0 Å². The minimum atomic E-state index is -3.73. The number of hydrogen-bond donors (Lipinski definition) is 4. The van der Waals surface area contributed by atoms with E-state index in [-0.39, 0.29) is 36.1 Å². The molecule has 42 heavy (non-hydrogen) atoms. The van der Waals surface area contributed by atoms with Crippen molar-refractivity contribution in [3.8, 4) is 11.5 Å². The number of imidazole rings is 1. The quantitative estimate of drug-likeness (QED) is 0.243. The smallest absolute Gasteiger partial charge is 0.477 e. The second kappa shape index (κ2) is 9.08. The van der Waals surface area contributed by atoms with Gasteiger partial charge >= 0.3 is 12.3 Å². The van der Waals surface area contributed by atoms with Crippen LogP contribution >= 0.6 is 11.8 Å². The Labute approximate surface area is 240 Å². The third-order valence-corrected chi connectivity index (χ3v) is 7.56. The second-order valence-corrected chi connectivity index (χ2v) is 12.0. The third kappa shape index (κ3) is 4.59. The van der Waals surface area contributed by atoms with Gasteiger partial charge in [-0.1, -0.05) is 0 Å². The molecule has 0 spiro atoms. The molecule has 3 aliphatic heterocycles. The first-order valence-corrected chi connectivity index (χ1v) is 13.6. The lowest BCUT2D eigenvalue weighted by atomic mass is 9.81. The lowest BCUT2D eigenvalue weighted by Crippen LogP contribution is -2.45. The van der Waals surface area contributed by atoms with Crippen molar-refractivity contribution in [3.63, 3.8) is 0 Å². The van der Waals surface area contributed by atoms with Gasteiger partial charge in [0.15, 0.2) is 27.5 Å². The standard InChI is InChI=1S/C27H23F2N5O7S/c1-26(2,3)41-34-9-14-21(15(35)10-34)20(11-8-30-23(24(36)37)22(11)31-14)16-4-5-19(38-16)42-25-32-12-6-17-18(7-13(12)33-25)40-27(28,29)39-17/h4-8,20,30-31H,9-10H2,1-3H3,(H,32,33)(H,36,37). The summed E-state index contributed by atoms with van der Waals surface area (Å²) < 4.78 is 42.0. The molecule has 0 saturated carbocycles. The molecule has 0 aliphatic carbocycles. The summed E-state index contributed by atoms with van der Waals surface area (Å²) >= 11 is 1.15. The number of nitrogens with zero attached hydrogens (tertiary/aromatic N) is 2. The molecule has 15 heteroatoms. The van der Waals surface area contributed by atoms with E-state index in [0.29, 0.717) is 49.6 Å². The number of nitrogens with one attached hydrogen (secondary N) is 3. The van der Waals surface area contributed by atoms with Crippen LogP contribution in [-0.4, -0.2) is 61.9 Å². The molecular formula is C27H23F2N5O7S. The molecule has 3 aromatic heterocycles. The van der Waals surface area contributed by atoms with Crippen molar-refractivity contribution >= 4 is 40.2 Å². The van der Waals surface area contributed by atoms with Crippen LogP contribution in [0.4, 0.5) is 14.5 Å². The Morgan fingerprint density at radius 2 is 1.98 bits per heavy atom. The van der Waals surface area contributed by atoms with Crippen LogP contribution in [0.1, 0.15) is 48.5 Å². The molecule has 0 saturated heterocycles. The monoisotopic (exact) mass is 599 g/mol. The number of aromatic nitrogens is 3. The molecule has 1 aromatic carbocycles. The van der Waals surface area contributed by atoms with E-state index in [2.05, 4.69) is 29.7 Å². The summed E-state index contributed by atoms with van der Waals surface area (Å²) in [6.45, 7) is 5.89. The maximum absolute atomic E-state index is 13.5. The van der Waals surface area contributed by atoms with Crippen LogP contribution in [0.5, 0.6) is 11.5 Å². The molecule has 7 rings (SSSR count). The van der Waals surface area contributed by atoms with Crippen molar-refractivity contribution in [1.29, 1.82) is 0 Å². The topological polar surface area (TPSA) is 155 Å². The van der Waals surface area contributed by atoms with Gasteiger partial charge < -0.3 is 34.3 Å². The van der Waals surface area contributed by atoms with Crippen LogP contribution in [0.3, 0.4) is 0 Å². The van der Waals surface area contributed by atoms with Crippen molar-refractivity contribution < 1.29 is 42.2 Å². The molecule has 4 aromatic rings. The van der Waals surface area contributed by atoms with Crippen molar-refractivity contribution in [3.05, 3.63) is 58.8 Å². The van der Waals surface area contributed by atoms with Crippen molar-refractivity contribution in [2.24, 2.45) is 0 Å². The van der Waals surface area contributed by atoms with Crippen LogP contribution < -0.4 is 14.8 Å². The number of carbonyl (C=O) groups is 2. The van der Waals surface area contributed by atoms with Gasteiger partial charge in [-0.25, -0.2) is 9.78 Å². The van der Waals surface area contributed by atoms with E-state index in [4.69, 9.17) is 9.25 Å². The summed E-state index contributed by atoms with van der Waals surface area (Å²) in [7, 11) is 0. The number of H-pyrrole nitrogens is 2. The summed E-state index contributed by atoms with van der Waals surface area (Å²) in [6.07, 6.45) is -2.16. The predicted octanol–water partition coefficient (Wildman–Crippen LogP) is 5.08. The van der Waals surface area contributed by atoms with Gasteiger partial charge in [-0.3, -0.25) is 9.63 Å². The zero-order valence-corrected chi connectivity index (χ0v) is 23.2. The minimum absolute atomic E-state index is 0.0183. The molecule has 6 heterocycles. The van der Waals surface area contributed by atoms with Gasteiger partial charge in [0.05, 0.1) is 41.3 Å². The van der Waals surface area contributed by atoms with Gasteiger partial charge in [-0.05, 0) is 44.7 Å². The number of ether oxygens (including phenoxy) is 2. The van der Waals surface area contributed by atoms with Crippen molar-refractivity contribution in [2.75, 3.05) is 18.4 Å². The maximum Gasteiger partial charge on any atom is 0.586 e. The van der Waals surface area contributed by atoms with E-state index < -0.39 is 23.8 Å². The number of aromatic amines is 2. The molecule has 1 unspecified atom stereocenters. The predicted molar refractivity (Wildman–Crippen MR) is 143 cm³/mol. The molecule has 0 radical (unpaired) electrons. The molecule has 4 N–H and O–H groups in total. The number of alkyl halides is 2. The number of carbonyl (C=O) groups excluding carboxylic acids is 1. The molecular weight excluding hydrogens is 576 g/mol. The average Bonchev–Trinajstić information content (AvgIpc) is 3.63. The highest BCUT2D eigenvalue weighted by Crippen LogP contribution is 2.47. The normalized spacial score (nSPS) is 19.6. The Morgan fingerprint density at radius 3 is 2.71 bits per heavy atom. The molecule has 1 atom stereocenters. The highest BCUT2D eigenvalue weighted by Gasteiger charge is 2.44. The maximum atomic E-state index is 13.5. The number of fused-ring (bicyclic) bond motifs is 3. The van der Waals surface area contributed by atoms with E-state index in [0.717, 1.165) is 11.8 Å². The van der Waals surface area contributed by atoms with Gasteiger partial charge in [0.1, 0.15) is 11.5 Å². The number of aromatic carboxylic acids is 1. The number of halogens is 2. The first kappa shape index (κ1) is 26.6. The number of furan rings is 1. The number of anilines is 1. The van der Waals surface area contributed by atoms with Crippen LogP contribution in [0.2, 0.25) is 0 Å². The Hall–Kier alpha value is -4.34. The summed E-state index contributed by atoms with van der Waals surface area (Å²) in [5, 5.41) is 15.3.